The molecule has 106 valence electrons. The maximum absolute atomic E-state index is 4.45. The van der Waals surface area contributed by atoms with Gasteiger partial charge in [-0.15, -0.1) is 0 Å². The van der Waals surface area contributed by atoms with Gasteiger partial charge in [-0.05, 0) is 49.9 Å². The van der Waals surface area contributed by atoms with Crippen molar-refractivity contribution in [2.45, 2.75) is 32.2 Å². The van der Waals surface area contributed by atoms with Crippen LogP contribution in [0, 0.1) is 12.8 Å². The zero-order valence-corrected chi connectivity index (χ0v) is 12.6. The first kappa shape index (κ1) is 13.4. The first-order chi connectivity index (χ1) is 9.67. The first-order valence-electron chi connectivity index (χ1n) is 7.41. The lowest BCUT2D eigenvalue weighted by atomic mass is 9.93. The maximum Gasteiger partial charge on any atom is 0.0596 e. The number of hydrogen-bond acceptors (Lipinski definition) is 2. The van der Waals surface area contributed by atoms with Gasteiger partial charge < -0.3 is 5.32 Å². The van der Waals surface area contributed by atoms with Gasteiger partial charge in [0.15, 0.2) is 0 Å². The van der Waals surface area contributed by atoms with Gasteiger partial charge in [-0.1, -0.05) is 24.3 Å². The van der Waals surface area contributed by atoms with Crippen LogP contribution in [0.4, 0.5) is 0 Å². The van der Waals surface area contributed by atoms with Crippen molar-refractivity contribution in [1.82, 2.24) is 15.1 Å². The second kappa shape index (κ2) is 5.41. The Labute approximate surface area is 121 Å². The largest absolute Gasteiger partial charge is 0.316 e. The van der Waals surface area contributed by atoms with E-state index in [0.717, 1.165) is 12.1 Å². The van der Waals surface area contributed by atoms with Crippen LogP contribution in [0.3, 0.4) is 0 Å². The minimum Gasteiger partial charge on any atom is -0.316 e. The van der Waals surface area contributed by atoms with Crippen LogP contribution < -0.4 is 5.32 Å². The monoisotopic (exact) mass is 269 g/mol. The summed E-state index contributed by atoms with van der Waals surface area (Å²) < 4.78 is 2.02. The Bertz CT molecular complexity index is 575. The van der Waals surface area contributed by atoms with Crippen molar-refractivity contribution < 1.29 is 0 Å². The van der Waals surface area contributed by atoms with E-state index >= 15 is 0 Å². The van der Waals surface area contributed by atoms with Gasteiger partial charge >= 0.3 is 0 Å². The van der Waals surface area contributed by atoms with Crippen LogP contribution in [0.5, 0.6) is 0 Å². The van der Waals surface area contributed by atoms with Crippen molar-refractivity contribution in [2.75, 3.05) is 7.05 Å². The summed E-state index contributed by atoms with van der Waals surface area (Å²) in [6.07, 6.45) is 3.43. The average molecular weight is 269 g/mol. The van der Waals surface area contributed by atoms with E-state index in [1.54, 1.807) is 0 Å². The van der Waals surface area contributed by atoms with Crippen LogP contribution in [0.2, 0.25) is 0 Å². The molecule has 0 fully saturated rings. The molecule has 0 aliphatic heterocycles. The predicted molar refractivity (Wildman–Crippen MR) is 81.8 cm³/mol. The van der Waals surface area contributed by atoms with Crippen LogP contribution in [-0.2, 0) is 26.3 Å². The molecule has 2 aromatic rings. The Morgan fingerprint density at radius 2 is 1.95 bits per heavy atom. The van der Waals surface area contributed by atoms with Crippen molar-refractivity contribution in [3.8, 4) is 0 Å². The molecule has 0 amide bonds. The Balaban J connectivity index is 1.74. The highest BCUT2D eigenvalue weighted by atomic mass is 15.3. The zero-order valence-electron chi connectivity index (χ0n) is 12.6. The molecule has 1 aliphatic carbocycles. The van der Waals surface area contributed by atoms with E-state index < -0.39 is 0 Å². The number of likely N-dealkylation sites (N-methyl/N-ethyl adjacent to an activating group) is 1. The Kier molecular flexibility index (Phi) is 3.62. The molecule has 3 heteroatoms. The summed E-state index contributed by atoms with van der Waals surface area (Å²) in [6.45, 7) is 2.06. The molecule has 1 aromatic carbocycles. The van der Waals surface area contributed by atoms with E-state index in [-0.39, 0.29) is 0 Å². The van der Waals surface area contributed by atoms with E-state index in [9.17, 15) is 0 Å². The van der Waals surface area contributed by atoms with Gasteiger partial charge in [-0.2, -0.15) is 5.10 Å². The molecule has 0 saturated carbocycles. The summed E-state index contributed by atoms with van der Waals surface area (Å²) in [4.78, 5) is 0. The van der Waals surface area contributed by atoms with Gasteiger partial charge in [0.2, 0.25) is 0 Å². The Hall–Kier alpha value is -1.61. The molecular weight excluding hydrogens is 246 g/mol. The van der Waals surface area contributed by atoms with Gasteiger partial charge in [0.25, 0.3) is 0 Å². The first-order valence-corrected chi connectivity index (χ1v) is 7.41. The SMILES string of the molecule is CNC(Cc1cc(C)nn1C)C1Cc2ccccc2C1. The predicted octanol–water partition coefficient (Wildman–Crippen LogP) is 2.27. The molecular formula is C17H23N3. The van der Waals surface area contributed by atoms with Gasteiger partial charge in [-0.25, -0.2) is 0 Å². The van der Waals surface area contributed by atoms with Gasteiger partial charge in [0, 0.05) is 25.2 Å². The summed E-state index contributed by atoms with van der Waals surface area (Å²) in [5, 5.41) is 7.98. The number of aromatic nitrogens is 2. The summed E-state index contributed by atoms with van der Waals surface area (Å²) in [5.74, 6) is 0.688. The van der Waals surface area contributed by atoms with Crippen LogP contribution in [0.15, 0.2) is 30.3 Å². The molecule has 0 bridgehead atoms. The minimum atomic E-state index is 0.511. The number of nitrogens with one attached hydrogen (secondary N) is 1. The third-order valence-electron chi connectivity index (χ3n) is 4.55. The topological polar surface area (TPSA) is 29.9 Å². The molecule has 1 N–H and O–H groups in total. The van der Waals surface area contributed by atoms with E-state index in [0.29, 0.717) is 12.0 Å². The van der Waals surface area contributed by atoms with Crippen molar-refractivity contribution >= 4 is 0 Å². The van der Waals surface area contributed by atoms with Crippen molar-refractivity contribution in [3.63, 3.8) is 0 Å². The number of benzene rings is 1. The quantitative estimate of drug-likeness (QED) is 0.923. The second-order valence-electron chi connectivity index (χ2n) is 5.94. The fourth-order valence-electron chi connectivity index (χ4n) is 3.46. The van der Waals surface area contributed by atoms with E-state index in [2.05, 4.69) is 54.7 Å². The number of rotatable bonds is 4. The lowest BCUT2D eigenvalue weighted by Crippen LogP contribution is -2.36. The normalized spacial score (nSPS) is 16.4. The summed E-state index contributed by atoms with van der Waals surface area (Å²) in [7, 11) is 4.12. The Morgan fingerprint density at radius 3 is 2.45 bits per heavy atom. The van der Waals surface area contributed by atoms with Gasteiger partial charge in [0.05, 0.1) is 5.69 Å². The van der Waals surface area contributed by atoms with Crippen LogP contribution in [-0.4, -0.2) is 22.9 Å². The molecule has 1 aliphatic rings. The molecule has 3 nitrogen and oxygen atoms in total. The lowest BCUT2D eigenvalue weighted by Gasteiger charge is -2.23. The molecule has 0 radical (unpaired) electrons. The maximum atomic E-state index is 4.45. The molecule has 0 spiro atoms. The fourth-order valence-corrected chi connectivity index (χ4v) is 3.46. The molecule has 1 unspecified atom stereocenters. The molecule has 0 saturated heterocycles. The number of aryl methyl sites for hydroxylation is 2. The highest BCUT2D eigenvalue weighted by Crippen LogP contribution is 2.29. The minimum absolute atomic E-state index is 0.511. The highest BCUT2D eigenvalue weighted by molar-refractivity contribution is 5.32. The molecule has 1 heterocycles. The smallest absolute Gasteiger partial charge is 0.0596 e. The van der Waals surface area contributed by atoms with Crippen LogP contribution in [0.1, 0.15) is 22.5 Å². The van der Waals surface area contributed by atoms with Crippen molar-refractivity contribution in [2.24, 2.45) is 13.0 Å². The van der Waals surface area contributed by atoms with Gasteiger partial charge in [0.1, 0.15) is 0 Å². The summed E-state index contributed by atoms with van der Waals surface area (Å²) >= 11 is 0. The highest BCUT2D eigenvalue weighted by Gasteiger charge is 2.28. The van der Waals surface area contributed by atoms with E-state index in [4.69, 9.17) is 0 Å². The van der Waals surface area contributed by atoms with Crippen molar-refractivity contribution in [1.29, 1.82) is 0 Å². The van der Waals surface area contributed by atoms with Crippen molar-refractivity contribution in [3.05, 3.63) is 52.8 Å². The molecule has 1 aromatic heterocycles. The molecule has 3 rings (SSSR count). The molecule has 20 heavy (non-hydrogen) atoms. The number of fused-ring (bicyclic) bond motifs is 1. The number of hydrogen-bond donors (Lipinski definition) is 1. The Morgan fingerprint density at radius 1 is 1.30 bits per heavy atom. The lowest BCUT2D eigenvalue weighted by molar-refractivity contribution is 0.376. The number of nitrogens with zero attached hydrogens (tertiary/aromatic N) is 2. The zero-order chi connectivity index (χ0) is 14.1. The van der Waals surface area contributed by atoms with E-state index in [1.165, 1.54) is 29.7 Å². The third-order valence-corrected chi connectivity index (χ3v) is 4.55. The fraction of sp³-hybridized carbons (Fsp3) is 0.471. The van der Waals surface area contributed by atoms with E-state index in [1.807, 2.05) is 11.7 Å². The molecule has 1 atom stereocenters. The average Bonchev–Trinajstić information content (AvgIpc) is 2.99. The second-order valence-corrected chi connectivity index (χ2v) is 5.94. The van der Waals surface area contributed by atoms with Gasteiger partial charge in [-0.3, -0.25) is 4.68 Å². The summed E-state index contributed by atoms with van der Waals surface area (Å²) in [5.41, 5.74) is 5.47. The standard InChI is InChI=1S/C17H23N3/c1-12-8-16(20(3)19-12)11-17(18-2)15-9-13-6-4-5-7-14(13)10-15/h4-8,15,17-18H,9-11H2,1-3H3. The summed E-state index contributed by atoms with van der Waals surface area (Å²) in [6, 6.07) is 11.6. The third kappa shape index (κ3) is 2.50. The van der Waals surface area contributed by atoms with Crippen LogP contribution in [0.25, 0.3) is 0 Å². The van der Waals surface area contributed by atoms with Crippen LogP contribution >= 0.6 is 0 Å².